The summed E-state index contributed by atoms with van der Waals surface area (Å²) in [6, 6.07) is 12.5. The first-order chi connectivity index (χ1) is 10.7. The van der Waals surface area contributed by atoms with E-state index in [4.69, 9.17) is 4.74 Å². The molecule has 22 heavy (non-hydrogen) atoms. The number of ether oxygens (including phenoxy) is 1. The summed E-state index contributed by atoms with van der Waals surface area (Å²) in [7, 11) is 0. The molecule has 0 amide bonds. The second kappa shape index (κ2) is 8.73. The highest BCUT2D eigenvalue weighted by molar-refractivity contribution is 5.87. The number of fused-ring (bicyclic) bond motifs is 1. The van der Waals surface area contributed by atoms with E-state index in [0.717, 1.165) is 25.4 Å². The minimum Gasteiger partial charge on any atom is -0.494 e. The molecule has 0 saturated carbocycles. The van der Waals surface area contributed by atoms with Crippen molar-refractivity contribution in [1.29, 1.82) is 0 Å². The van der Waals surface area contributed by atoms with Crippen molar-refractivity contribution >= 4 is 10.8 Å². The van der Waals surface area contributed by atoms with Crippen LogP contribution in [0.2, 0.25) is 0 Å². The summed E-state index contributed by atoms with van der Waals surface area (Å²) in [6.07, 6.45) is -0.303. The number of benzene rings is 2. The number of nitrogens with one attached hydrogen (secondary N) is 2. The molecule has 0 aliphatic heterocycles. The third-order valence-corrected chi connectivity index (χ3v) is 3.52. The highest BCUT2D eigenvalue weighted by Crippen LogP contribution is 2.28. The van der Waals surface area contributed by atoms with Gasteiger partial charge in [-0.25, -0.2) is 0 Å². The summed E-state index contributed by atoms with van der Waals surface area (Å²) < 4.78 is 5.77. The van der Waals surface area contributed by atoms with Crippen LogP contribution in [-0.2, 0) is 6.54 Å². The average molecular weight is 302 g/mol. The first kappa shape index (κ1) is 16.7. The van der Waals surface area contributed by atoms with Crippen molar-refractivity contribution in [2.75, 3.05) is 26.2 Å². The Labute approximate surface area is 132 Å². The van der Waals surface area contributed by atoms with E-state index in [0.29, 0.717) is 13.2 Å². The maximum Gasteiger partial charge on any atom is 0.124 e. The topological polar surface area (TPSA) is 53.5 Å². The van der Waals surface area contributed by atoms with Gasteiger partial charge >= 0.3 is 0 Å². The first-order valence-electron chi connectivity index (χ1n) is 7.95. The standard InChI is InChI=1S/C18H26N2O2/c1-3-22-18-9-8-15-6-4-5-7-16(15)17(18)13-20-11-10-19-12-14(2)21/h4-9,14,19-21H,3,10-13H2,1-2H3/t14-/m0/s1. The fraction of sp³-hybridized carbons (Fsp3) is 0.444. The molecule has 3 N–H and O–H groups in total. The van der Waals surface area contributed by atoms with Crippen LogP contribution in [-0.4, -0.2) is 37.5 Å². The number of rotatable bonds is 9. The zero-order valence-electron chi connectivity index (χ0n) is 13.4. The molecule has 0 bridgehead atoms. The lowest BCUT2D eigenvalue weighted by Crippen LogP contribution is -2.31. The quantitative estimate of drug-likeness (QED) is 0.622. The molecule has 0 aliphatic carbocycles. The summed E-state index contributed by atoms with van der Waals surface area (Å²) in [5, 5.41) is 18.3. The Balaban J connectivity index is 2.00. The number of hydrogen-bond acceptors (Lipinski definition) is 4. The summed E-state index contributed by atoms with van der Waals surface area (Å²) in [5.41, 5.74) is 1.20. The largest absolute Gasteiger partial charge is 0.494 e. The summed E-state index contributed by atoms with van der Waals surface area (Å²) in [6.45, 7) is 7.53. The van der Waals surface area contributed by atoms with Crippen LogP contribution in [0.15, 0.2) is 36.4 Å². The van der Waals surface area contributed by atoms with Gasteiger partial charge < -0.3 is 20.5 Å². The maximum absolute atomic E-state index is 9.20. The van der Waals surface area contributed by atoms with E-state index < -0.39 is 0 Å². The van der Waals surface area contributed by atoms with Crippen LogP contribution in [0.1, 0.15) is 19.4 Å². The van der Waals surface area contributed by atoms with Crippen LogP contribution in [0.3, 0.4) is 0 Å². The number of aliphatic hydroxyl groups excluding tert-OH is 1. The number of aliphatic hydroxyl groups is 1. The predicted octanol–water partition coefficient (Wildman–Crippen LogP) is 2.30. The monoisotopic (exact) mass is 302 g/mol. The van der Waals surface area contributed by atoms with Crippen molar-refractivity contribution in [3.05, 3.63) is 42.0 Å². The van der Waals surface area contributed by atoms with Gasteiger partial charge in [-0.15, -0.1) is 0 Å². The van der Waals surface area contributed by atoms with Gasteiger partial charge in [0.05, 0.1) is 12.7 Å². The van der Waals surface area contributed by atoms with Crippen LogP contribution >= 0.6 is 0 Å². The molecule has 0 radical (unpaired) electrons. The normalized spacial score (nSPS) is 12.5. The molecule has 120 valence electrons. The fourth-order valence-corrected chi connectivity index (χ4v) is 2.49. The minimum atomic E-state index is -0.303. The lowest BCUT2D eigenvalue weighted by Gasteiger charge is -2.14. The van der Waals surface area contributed by atoms with Gasteiger partial charge in [-0.1, -0.05) is 30.3 Å². The first-order valence-corrected chi connectivity index (χ1v) is 7.95. The molecular formula is C18H26N2O2. The van der Waals surface area contributed by atoms with Gasteiger partial charge in [-0.2, -0.15) is 0 Å². The summed E-state index contributed by atoms with van der Waals surface area (Å²) in [5.74, 6) is 0.950. The van der Waals surface area contributed by atoms with Gasteiger partial charge in [-0.05, 0) is 30.7 Å². The molecule has 0 unspecified atom stereocenters. The second-order valence-corrected chi connectivity index (χ2v) is 5.43. The van der Waals surface area contributed by atoms with E-state index in [9.17, 15) is 5.11 Å². The Morgan fingerprint density at radius 3 is 2.64 bits per heavy atom. The Kier molecular flexibility index (Phi) is 6.65. The molecule has 2 aromatic rings. The van der Waals surface area contributed by atoms with Crippen molar-refractivity contribution in [3.8, 4) is 5.75 Å². The van der Waals surface area contributed by atoms with Crippen molar-refractivity contribution in [3.63, 3.8) is 0 Å². The average Bonchev–Trinajstić information content (AvgIpc) is 2.52. The third kappa shape index (κ3) is 4.70. The Morgan fingerprint density at radius 2 is 1.86 bits per heavy atom. The highest BCUT2D eigenvalue weighted by atomic mass is 16.5. The highest BCUT2D eigenvalue weighted by Gasteiger charge is 2.08. The van der Waals surface area contributed by atoms with Gasteiger partial charge in [0.1, 0.15) is 5.75 Å². The third-order valence-electron chi connectivity index (χ3n) is 3.52. The van der Waals surface area contributed by atoms with E-state index >= 15 is 0 Å². The second-order valence-electron chi connectivity index (χ2n) is 5.43. The maximum atomic E-state index is 9.20. The van der Waals surface area contributed by atoms with Crippen molar-refractivity contribution in [2.45, 2.75) is 26.5 Å². The summed E-state index contributed by atoms with van der Waals surface area (Å²) in [4.78, 5) is 0. The predicted molar refractivity (Wildman–Crippen MR) is 91.4 cm³/mol. The zero-order valence-corrected chi connectivity index (χ0v) is 13.4. The van der Waals surface area contributed by atoms with E-state index in [1.54, 1.807) is 6.92 Å². The molecule has 2 rings (SSSR count). The van der Waals surface area contributed by atoms with Crippen molar-refractivity contribution in [1.82, 2.24) is 10.6 Å². The molecule has 0 saturated heterocycles. The molecule has 0 fully saturated rings. The SMILES string of the molecule is CCOc1ccc2ccccc2c1CNCCNC[C@H](C)O. The smallest absolute Gasteiger partial charge is 0.124 e. The van der Waals surface area contributed by atoms with Crippen LogP contribution < -0.4 is 15.4 Å². The Bertz CT molecular complexity index is 584. The fourth-order valence-electron chi connectivity index (χ4n) is 2.49. The molecule has 0 aliphatic rings. The molecule has 0 aromatic heterocycles. The van der Waals surface area contributed by atoms with E-state index in [1.807, 2.05) is 6.92 Å². The van der Waals surface area contributed by atoms with Crippen LogP contribution in [0, 0.1) is 0 Å². The van der Waals surface area contributed by atoms with Gasteiger partial charge in [0.2, 0.25) is 0 Å². The van der Waals surface area contributed by atoms with Crippen LogP contribution in [0.25, 0.3) is 10.8 Å². The Morgan fingerprint density at radius 1 is 1.09 bits per heavy atom. The lowest BCUT2D eigenvalue weighted by atomic mass is 10.0. The van der Waals surface area contributed by atoms with Crippen LogP contribution in [0.4, 0.5) is 0 Å². The van der Waals surface area contributed by atoms with Crippen molar-refractivity contribution < 1.29 is 9.84 Å². The molecule has 1 atom stereocenters. The molecule has 0 spiro atoms. The molecule has 4 heteroatoms. The van der Waals surface area contributed by atoms with Gasteiger partial charge in [0, 0.05) is 31.7 Å². The minimum absolute atomic E-state index is 0.303. The van der Waals surface area contributed by atoms with E-state index in [-0.39, 0.29) is 6.10 Å². The van der Waals surface area contributed by atoms with E-state index in [2.05, 4.69) is 47.0 Å². The van der Waals surface area contributed by atoms with Crippen LogP contribution in [0.5, 0.6) is 5.75 Å². The zero-order chi connectivity index (χ0) is 15.8. The van der Waals surface area contributed by atoms with Gasteiger partial charge in [-0.3, -0.25) is 0 Å². The molecule has 2 aromatic carbocycles. The van der Waals surface area contributed by atoms with Gasteiger partial charge in [0.25, 0.3) is 0 Å². The Hall–Kier alpha value is -1.62. The summed E-state index contributed by atoms with van der Waals surface area (Å²) >= 11 is 0. The number of hydrogen-bond donors (Lipinski definition) is 3. The van der Waals surface area contributed by atoms with E-state index in [1.165, 1.54) is 16.3 Å². The lowest BCUT2D eigenvalue weighted by molar-refractivity contribution is 0.191. The molecular weight excluding hydrogens is 276 g/mol. The molecule has 4 nitrogen and oxygen atoms in total. The van der Waals surface area contributed by atoms with Crippen molar-refractivity contribution in [2.24, 2.45) is 0 Å². The van der Waals surface area contributed by atoms with Gasteiger partial charge in [0.15, 0.2) is 0 Å². The molecule has 0 heterocycles.